The van der Waals surface area contributed by atoms with E-state index in [-0.39, 0.29) is 12.5 Å². The molecule has 5 nitrogen and oxygen atoms in total. The standard InChI is InChI=1S/C16H20N2O3S/c1-3-6-18-10-16(15(20)21)9-17(8-13(16)14(18)19)7-12-5-4-11(2)22-12/h3-5,13H,1,6-10H2,2H3,(H,20,21)/t13-,16-/m0/s1. The van der Waals surface area contributed by atoms with Crippen molar-refractivity contribution in [1.82, 2.24) is 9.80 Å². The van der Waals surface area contributed by atoms with Crippen LogP contribution in [-0.4, -0.2) is 53.0 Å². The Morgan fingerprint density at radius 3 is 2.86 bits per heavy atom. The number of hydrogen-bond acceptors (Lipinski definition) is 4. The molecule has 0 aromatic carbocycles. The normalized spacial score (nSPS) is 28.1. The zero-order valence-electron chi connectivity index (χ0n) is 12.6. The summed E-state index contributed by atoms with van der Waals surface area (Å²) in [5.41, 5.74) is -0.966. The van der Waals surface area contributed by atoms with Gasteiger partial charge in [0.25, 0.3) is 0 Å². The third-order valence-electron chi connectivity index (χ3n) is 4.65. The fourth-order valence-electron chi connectivity index (χ4n) is 3.63. The summed E-state index contributed by atoms with van der Waals surface area (Å²) < 4.78 is 0. The average molecular weight is 320 g/mol. The maximum absolute atomic E-state index is 12.5. The van der Waals surface area contributed by atoms with Crippen LogP contribution in [0.2, 0.25) is 0 Å². The summed E-state index contributed by atoms with van der Waals surface area (Å²) in [5, 5.41) is 9.74. The van der Waals surface area contributed by atoms with E-state index in [2.05, 4.69) is 30.5 Å². The Labute approximate surface area is 133 Å². The second-order valence-electron chi connectivity index (χ2n) is 6.20. The third kappa shape index (κ3) is 2.36. The van der Waals surface area contributed by atoms with Crippen LogP contribution in [0.15, 0.2) is 24.8 Å². The van der Waals surface area contributed by atoms with Crippen molar-refractivity contribution in [3.63, 3.8) is 0 Å². The Balaban J connectivity index is 1.79. The van der Waals surface area contributed by atoms with E-state index in [1.54, 1.807) is 22.3 Å². The molecule has 1 aromatic rings. The molecule has 3 heterocycles. The molecule has 1 N–H and O–H groups in total. The van der Waals surface area contributed by atoms with E-state index < -0.39 is 17.3 Å². The van der Waals surface area contributed by atoms with E-state index in [1.807, 2.05) is 0 Å². The monoisotopic (exact) mass is 320 g/mol. The van der Waals surface area contributed by atoms with Gasteiger partial charge in [0.15, 0.2) is 0 Å². The fraction of sp³-hybridized carbons (Fsp3) is 0.500. The topological polar surface area (TPSA) is 60.9 Å². The van der Waals surface area contributed by atoms with E-state index in [0.29, 0.717) is 19.6 Å². The van der Waals surface area contributed by atoms with Gasteiger partial charge in [-0.2, -0.15) is 0 Å². The van der Waals surface area contributed by atoms with Gasteiger partial charge in [0.2, 0.25) is 5.91 Å². The van der Waals surface area contributed by atoms with Crippen molar-refractivity contribution in [2.24, 2.45) is 11.3 Å². The Bertz CT molecular complexity index is 627. The molecule has 6 heteroatoms. The lowest BCUT2D eigenvalue weighted by molar-refractivity contribution is -0.149. The summed E-state index contributed by atoms with van der Waals surface area (Å²) in [5.74, 6) is -1.35. The molecule has 2 aliphatic rings. The second-order valence-corrected chi connectivity index (χ2v) is 7.58. The van der Waals surface area contributed by atoms with Crippen molar-refractivity contribution in [2.75, 3.05) is 26.2 Å². The molecule has 3 rings (SSSR count). The maximum atomic E-state index is 12.5. The van der Waals surface area contributed by atoms with Crippen LogP contribution in [0.4, 0.5) is 0 Å². The number of rotatable bonds is 5. The van der Waals surface area contributed by atoms with Crippen LogP contribution in [0.25, 0.3) is 0 Å². The first-order valence-electron chi connectivity index (χ1n) is 7.37. The van der Waals surface area contributed by atoms with Crippen LogP contribution >= 0.6 is 11.3 Å². The van der Waals surface area contributed by atoms with E-state index in [9.17, 15) is 14.7 Å². The first-order valence-corrected chi connectivity index (χ1v) is 8.18. The van der Waals surface area contributed by atoms with Crippen molar-refractivity contribution >= 4 is 23.2 Å². The predicted molar refractivity (Wildman–Crippen MR) is 84.7 cm³/mol. The molecule has 0 unspecified atom stereocenters. The highest BCUT2D eigenvalue weighted by Crippen LogP contribution is 2.44. The number of amides is 1. The van der Waals surface area contributed by atoms with Gasteiger partial charge >= 0.3 is 5.97 Å². The van der Waals surface area contributed by atoms with Crippen molar-refractivity contribution in [1.29, 1.82) is 0 Å². The Morgan fingerprint density at radius 2 is 2.32 bits per heavy atom. The number of carboxylic acids is 1. The zero-order valence-corrected chi connectivity index (χ0v) is 13.4. The molecular formula is C16H20N2O3S. The van der Waals surface area contributed by atoms with Gasteiger partial charge in [0.05, 0.1) is 5.92 Å². The number of carbonyl (C=O) groups excluding carboxylic acids is 1. The molecule has 0 spiro atoms. The number of carboxylic acid groups (broad SMARTS) is 1. The third-order valence-corrected chi connectivity index (χ3v) is 5.63. The molecule has 2 fully saturated rings. The number of aryl methyl sites for hydroxylation is 1. The highest BCUT2D eigenvalue weighted by atomic mass is 32.1. The number of likely N-dealkylation sites (tertiary alicyclic amines) is 2. The van der Waals surface area contributed by atoms with Gasteiger partial charge < -0.3 is 10.0 Å². The lowest BCUT2D eigenvalue weighted by atomic mass is 9.81. The highest BCUT2D eigenvalue weighted by Gasteiger charge is 2.61. The maximum Gasteiger partial charge on any atom is 0.313 e. The molecule has 118 valence electrons. The van der Waals surface area contributed by atoms with Crippen molar-refractivity contribution in [3.05, 3.63) is 34.5 Å². The number of carbonyl (C=O) groups is 2. The van der Waals surface area contributed by atoms with E-state index in [0.717, 1.165) is 6.54 Å². The fourth-order valence-corrected chi connectivity index (χ4v) is 4.56. The number of hydrogen-bond donors (Lipinski definition) is 1. The molecule has 1 amide bonds. The van der Waals surface area contributed by atoms with Crippen LogP contribution in [0.3, 0.4) is 0 Å². The quantitative estimate of drug-likeness (QED) is 0.837. The Hall–Kier alpha value is -1.66. The number of thiophene rings is 1. The highest BCUT2D eigenvalue weighted by molar-refractivity contribution is 7.11. The van der Waals surface area contributed by atoms with Crippen molar-refractivity contribution in [3.8, 4) is 0 Å². The van der Waals surface area contributed by atoms with Gasteiger partial charge in [-0.3, -0.25) is 14.5 Å². The first-order chi connectivity index (χ1) is 10.5. The van der Waals surface area contributed by atoms with Gasteiger partial charge in [0, 0.05) is 42.5 Å². The number of fused-ring (bicyclic) bond motifs is 1. The van der Waals surface area contributed by atoms with Crippen molar-refractivity contribution in [2.45, 2.75) is 13.5 Å². The molecule has 0 aliphatic carbocycles. The predicted octanol–water partition coefficient (Wildman–Crippen LogP) is 1.59. The number of aliphatic carboxylic acids is 1. The lowest BCUT2D eigenvalue weighted by Crippen LogP contribution is -2.40. The largest absolute Gasteiger partial charge is 0.481 e. The molecule has 0 bridgehead atoms. The molecule has 1 aromatic heterocycles. The summed E-state index contributed by atoms with van der Waals surface area (Å²) in [6.45, 7) is 8.09. The minimum Gasteiger partial charge on any atom is -0.481 e. The van der Waals surface area contributed by atoms with Gasteiger partial charge in [-0.1, -0.05) is 6.08 Å². The second kappa shape index (κ2) is 5.52. The molecule has 0 saturated carbocycles. The lowest BCUT2D eigenvalue weighted by Gasteiger charge is -2.24. The van der Waals surface area contributed by atoms with Crippen molar-refractivity contribution < 1.29 is 14.7 Å². The van der Waals surface area contributed by atoms with Crippen LogP contribution in [-0.2, 0) is 16.1 Å². The minimum absolute atomic E-state index is 0.0489. The Morgan fingerprint density at radius 1 is 1.55 bits per heavy atom. The summed E-state index contributed by atoms with van der Waals surface area (Å²) >= 11 is 1.72. The molecule has 0 radical (unpaired) electrons. The van der Waals surface area contributed by atoms with Gasteiger partial charge in [-0.25, -0.2) is 0 Å². The van der Waals surface area contributed by atoms with Crippen LogP contribution in [0, 0.1) is 18.3 Å². The smallest absolute Gasteiger partial charge is 0.313 e. The Kier molecular flexibility index (Phi) is 3.82. The van der Waals surface area contributed by atoms with Gasteiger partial charge in [-0.05, 0) is 19.1 Å². The van der Waals surface area contributed by atoms with E-state index in [1.165, 1.54) is 9.75 Å². The van der Waals surface area contributed by atoms with Gasteiger partial charge in [-0.15, -0.1) is 17.9 Å². The zero-order chi connectivity index (χ0) is 15.9. The summed E-state index contributed by atoms with van der Waals surface area (Å²) in [6, 6.07) is 4.15. The summed E-state index contributed by atoms with van der Waals surface area (Å²) in [4.78, 5) is 30.5. The van der Waals surface area contributed by atoms with E-state index in [4.69, 9.17) is 0 Å². The first kappa shape index (κ1) is 15.2. The van der Waals surface area contributed by atoms with Crippen LogP contribution < -0.4 is 0 Å². The summed E-state index contributed by atoms with van der Waals surface area (Å²) in [6.07, 6.45) is 1.65. The van der Waals surface area contributed by atoms with Gasteiger partial charge in [0.1, 0.15) is 5.41 Å². The molecular weight excluding hydrogens is 300 g/mol. The van der Waals surface area contributed by atoms with Crippen LogP contribution in [0.1, 0.15) is 9.75 Å². The molecule has 22 heavy (non-hydrogen) atoms. The SMILES string of the molecule is C=CCN1C[C@@]2(C(=O)O)CN(Cc3ccc(C)s3)C[C@H]2C1=O. The number of nitrogens with zero attached hydrogens (tertiary/aromatic N) is 2. The van der Waals surface area contributed by atoms with E-state index >= 15 is 0 Å². The average Bonchev–Trinajstić information content (AvgIpc) is 3.08. The minimum atomic E-state index is -0.966. The molecule has 2 saturated heterocycles. The summed E-state index contributed by atoms with van der Waals surface area (Å²) in [7, 11) is 0. The molecule has 2 atom stereocenters. The van der Waals surface area contributed by atoms with Crippen LogP contribution in [0.5, 0.6) is 0 Å². The molecule has 2 aliphatic heterocycles.